The molecule has 0 aliphatic carbocycles. The zero-order chi connectivity index (χ0) is 30.9. The number of thiazole rings is 1. The third-order valence-electron chi connectivity index (χ3n) is 7.84. The van der Waals surface area contributed by atoms with Gasteiger partial charge in [-0.25, -0.2) is 27.8 Å². The fraction of sp³-hybridized carbons (Fsp3) is 0.194. The van der Waals surface area contributed by atoms with E-state index < -0.39 is 16.3 Å². The highest BCUT2D eigenvalue weighted by Crippen LogP contribution is 2.44. The lowest BCUT2D eigenvalue weighted by atomic mass is 10.0. The Morgan fingerprint density at radius 2 is 1.95 bits per heavy atom. The quantitative estimate of drug-likeness (QED) is 0.209. The number of aromatic nitrogens is 4. The van der Waals surface area contributed by atoms with E-state index in [1.807, 2.05) is 13.0 Å². The molecule has 0 bridgehead atoms. The summed E-state index contributed by atoms with van der Waals surface area (Å²) in [5, 5.41) is 15.9. The van der Waals surface area contributed by atoms with Gasteiger partial charge in [-0.2, -0.15) is 0 Å². The highest BCUT2D eigenvalue weighted by Gasteiger charge is 2.27. The molecule has 0 saturated heterocycles. The van der Waals surface area contributed by atoms with Crippen molar-refractivity contribution in [1.29, 1.82) is 0 Å². The van der Waals surface area contributed by atoms with Gasteiger partial charge in [-0.15, -0.1) is 11.3 Å². The third kappa shape index (κ3) is 4.42. The highest BCUT2D eigenvalue weighted by molar-refractivity contribution is 7.92. The maximum absolute atomic E-state index is 14.7. The van der Waals surface area contributed by atoms with Gasteiger partial charge in [0.15, 0.2) is 5.76 Å². The van der Waals surface area contributed by atoms with E-state index in [4.69, 9.17) is 9.40 Å². The van der Waals surface area contributed by atoms with Crippen LogP contribution in [0.3, 0.4) is 0 Å². The van der Waals surface area contributed by atoms with Crippen LogP contribution in [-0.4, -0.2) is 53.2 Å². The van der Waals surface area contributed by atoms with E-state index in [1.54, 1.807) is 60.4 Å². The van der Waals surface area contributed by atoms with Crippen LogP contribution in [0.25, 0.3) is 60.3 Å². The molecule has 0 fully saturated rings. The Hall–Kier alpha value is -4.43. The molecule has 0 saturated carbocycles. The molecule has 1 atom stereocenters. The molecular formula is C31H27FN6O4S2. The SMILES string of the molecule is CCc1ncc(-c2oc3cc(N(C)S(C)(=O)=O)c(-c4ccc5ncn6c7cccc(F)c7cc6c5n4)cc3c2C(O)NC)s1. The van der Waals surface area contributed by atoms with Crippen LogP contribution in [-0.2, 0) is 16.4 Å². The average molecular weight is 631 g/mol. The normalized spacial score (nSPS) is 13.0. The number of furan rings is 1. The van der Waals surface area contributed by atoms with Crippen molar-refractivity contribution in [3.63, 3.8) is 0 Å². The second-order valence-corrected chi connectivity index (χ2v) is 13.6. The van der Waals surface area contributed by atoms with Gasteiger partial charge in [0.2, 0.25) is 10.0 Å². The molecule has 7 aromatic rings. The lowest BCUT2D eigenvalue weighted by molar-refractivity contribution is 0.150. The summed E-state index contributed by atoms with van der Waals surface area (Å²) in [6, 6.07) is 13.6. The fourth-order valence-electron chi connectivity index (χ4n) is 5.51. The van der Waals surface area contributed by atoms with E-state index in [1.165, 1.54) is 28.8 Å². The van der Waals surface area contributed by atoms with Gasteiger partial charge in [-0.1, -0.05) is 13.0 Å². The minimum absolute atomic E-state index is 0.336. The molecule has 2 aromatic carbocycles. The molecule has 0 aliphatic heterocycles. The Morgan fingerprint density at radius 1 is 1.14 bits per heavy atom. The monoisotopic (exact) mass is 630 g/mol. The number of aliphatic hydroxyl groups is 1. The van der Waals surface area contributed by atoms with Gasteiger partial charge in [-0.3, -0.25) is 14.0 Å². The molecule has 44 heavy (non-hydrogen) atoms. The number of hydrogen-bond acceptors (Lipinski definition) is 9. The number of hydrogen-bond donors (Lipinski definition) is 2. The molecular weight excluding hydrogens is 604 g/mol. The molecule has 5 aromatic heterocycles. The second kappa shape index (κ2) is 10.3. The molecule has 0 aliphatic rings. The molecule has 2 N–H and O–H groups in total. The molecule has 10 nitrogen and oxygen atoms in total. The van der Waals surface area contributed by atoms with E-state index in [0.717, 1.165) is 22.6 Å². The zero-order valence-electron chi connectivity index (χ0n) is 24.2. The summed E-state index contributed by atoms with van der Waals surface area (Å²) in [6.07, 6.45) is 4.14. The number of aryl methyl sites for hydroxylation is 1. The number of anilines is 1. The number of benzene rings is 2. The van der Waals surface area contributed by atoms with Gasteiger partial charge in [0.1, 0.15) is 29.5 Å². The average Bonchev–Trinajstić information content (AvgIpc) is 3.74. The Balaban J connectivity index is 1.53. The molecule has 0 amide bonds. The fourth-order valence-corrected chi connectivity index (χ4v) is 6.87. The topological polar surface area (TPSA) is 126 Å². The summed E-state index contributed by atoms with van der Waals surface area (Å²) >= 11 is 1.47. The van der Waals surface area contributed by atoms with Crippen LogP contribution in [0, 0.1) is 5.82 Å². The van der Waals surface area contributed by atoms with Gasteiger partial charge in [0.05, 0.1) is 49.6 Å². The van der Waals surface area contributed by atoms with Crippen molar-refractivity contribution in [3.05, 3.63) is 77.4 Å². The van der Waals surface area contributed by atoms with E-state index in [2.05, 4.69) is 15.3 Å². The number of nitrogens with zero attached hydrogens (tertiary/aromatic N) is 5. The van der Waals surface area contributed by atoms with Gasteiger partial charge < -0.3 is 9.52 Å². The first-order valence-corrected chi connectivity index (χ1v) is 16.5. The lowest BCUT2D eigenvalue weighted by Crippen LogP contribution is -2.25. The first-order valence-electron chi connectivity index (χ1n) is 13.8. The highest BCUT2D eigenvalue weighted by atomic mass is 32.2. The molecule has 7 rings (SSSR count). The molecule has 0 spiro atoms. The van der Waals surface area contributed by atoms with Crippen molar-refractivity contribution < 1.29 is 22.3 Å². The van der Waals surface area contributed by atoms with Crippen LogP contribution in [0.15, 0.2) is 65.5 Å². The standard InChI is InChI=1S/C31H27FN6O4S2/c1-5-27-34-14-26(43-27)30-28(31(39)33-2)18-11-17(23(13-25(18)42-30)37(3)44(4,40)41)20-9-10-21-29(36-20)24-12-16-19(32)7-6-8-22(16)38(24)15-35-21/h6-15,31,33,39H,5H2,1-4H3. The second-order valence-electron chi connectivity index (χ2n) is 10.5. The number of rotatable bonds is 7. The number of pyridine rings is 1. The summed E-state index contributed by atoms with van der Waals surface area (Å²) in [7, 11) is -0.593. The molecule has 224 valence electrons. The minimum atomic E-state index is -3.69. The summed E-state index contributed by atoms with van der Waals surface area (Å²) in [6.45, 7) is 2.01. The van der Waals surface area contributed by atoms with Crippen LogP contribution < -0.4 is 9.62 Å². The van der Waals surface area contributed by atoms with E-state index >= 15 is 0 Å². The third-order valence-corrected chi connectivity index (χ3v) is 10.2. The number of aliphatic hydroxyl groups excluding tert-OH is 1. The summed E-state index contributed by atoms with van der Waals surface area (Å²) in [5.41, 5.74) is 4.62. The number of halogens is 1. The van der Waals surface area contributed by atoms with Crippen LogP contribution in [0.5, 0.6) is 0 Å². The first kappa shape index (κ1) is 28.3. The van der Waals surface area contributed by atoms with Crippen LogP contribution in [0.2, 0.25) is 0 Å². The van der Waals surface area contributed by atoms with Crippen LogP contribution in [0.4, 0.5) is 10.1 Å². The number of fused-ring (bicyclic) bond motifs is 6. The van der Waals surface area contributed by atoms with E-state index in [-0.39, 0.29) is 5.82 Å². The van der Waals surface area contributed by atoms with E-state index in [0.29, 0.717) is 66.7 Å². The summed E-state index contributed by atoms with van der Waals surface area (Å²) in [4.78, 5) is 14.7. The zero-order valence-corrected chi connectivity index (χ0v) is 25.8. The van der Waals surface area contributed by atoms with Crippen molar-refractivity contribution in [2.45, 2.75) is 19.6 Å². The number of sulfonamides is 1. The van der Waals surface area contributed by atoms with Gasteiger partial charge in [-0.05, 0) is 49.9 Å². The van der Waals surface area contributed by atoms with Crippen LogP contribution >= 0.6 is 11.3 Å². The van der Waals surface area contributed by atoms with E-state index in [9.17, 15) is 17.9 Å². The van der Waals surface area contributed by atoms with Crippen molar-refractivity contribution in [2.24, 2.45) is 0 Å². The minimum Gasteiger partial charge on any atom is -0.455 e. The van der Waals surface area contributed by atoms with Gasteiger partial charge >= 0.3 is 0 Å². The van der Waals surface area contributed by atoms with Crippen molar-refractivity contribution >= 4 is 65.5 Å². The Kier molecular flexibility index (Phi) is 6.66. The summed E-state index contributed by atoms with van der Waals surface area (Å²) < 4.78 is 49.6. The summed E-state index contributed by atoms with van der Waals surface area (Å²) in [5.74, 6) is 0.0971. The molecule has 5 heterocycles. The Labute approximate surface area is 255 Å². The first-order chi connectivity index (χ1) is 21.1. The smallest absolute Gasteiger partial charge is 0.232 e. The van der Waals surface area contributed by atoms with Crippen molar-refractivity contribution in [1.82, 2.24) is 24.7 Å². The Bertz CT molecular complexity index is 2360. The van der Waals surface area contributed by atoms with Crippen LogP contribution in [0.1, 0.15) is 23.7 Å². The van der Waals surface area contributed by atoms with Gasteiger partial charge in [0, 0.05) is 35.6 Å². The maximum atomic E-state index is 14.7. The molecule has 0 radical (unpaired) electrons. The molecule has 1 unspecified atom stereocenters. The predicted molar refractivity (Wildman–Crippen MR) is 171 cm³/mol. The predicted octanol–water partition coefficient (Wildman–Crippen LogP) is 5.88. The van der Waals surface area contributed by atoms with Crippen molar-refractivity contribution in [3.8, 4) is 21.9 Å². The largest absolute Gasteiger partial charge is 0.455 e. The lowest BCUT2D eigenvalue weighted by Gasteiger charge is -2.20. The van der Waals surface area contributed by atoms with Gasteiger partial charge in [0.25, 0.3) is 0 Å². The molecule has 13 heteroatoms. The maximum Gasteiger partial charge on any atom is 0.232 e. The number of nitrogens with one attached hydrogen (secondary N) is 1. The van der Waals surface area contributed by atoms with Crippen molar-refractivity contribution in [2.75, 3.05) is 24.7 Å². The Morgan fingerprint density at radius 3 is 2.68 bits per heavy atom.